The van der Waals surface area contributed by atoms with Gasteiger partial charge in [-0.1, -0.05) is 0 Å². The van der Waals surface area contributed by atoms with Crippen LogP contribution in [-0.4, -0.2) is 35.1 Å². The van der Waals surface area contributed by atoms with E-state index in [2.05, 4.69) is 5.32 Å². The van der Waals surface area contributed by atoms with E-state index in [0.717, 1.165) is 23.5 Å². The highest BCUT2D eigenvalue weighted by molar-refractivity contribution is 5.75. The maximum atomic E-state index is 12.2. The molecule has 21 heavy (non-hydrogen) atoms. The predicted octanol–water partition coefficient (Wildman–Crippen LogP) is 2.46. The van der Waals surface area contributed by atoms with Crippen molar-refractivity contribution in [2.24, 2.45) is 5.92 Å². The van der Waals surface area contributed by atoms with Crippen molar-refractivity contribution in [3.05, 3.63) is 23.2 Å². The van der Waals surface area contributed by atoms with Gasteiger partial charge >= 0.3 is 12.0 Å². The topological polar surface area (TPSA) is 82.8 Å². The van der Waals surface area contributed by atoms with E-state index in [4.69, 9.17) is 9.52 Å². The highest BCUT2D eigenvalue weighted by Crippen LogP contribution is 2.23. The molecule has 1 fully saturated rings. The van der Waals surface area contributed by atoms with Gasteiger partial charge in [0.1, 0.15) is 11.5 Å². The largest absolute Gasteiger partial charge is 0.481 e. The molecule has 2 atom stereocenters. The van der Waals surface area contributed by atoms with Gasteiger partial charge in [-0.05, 0) is 39.2 Å². The SMILES string of the molecule is Cc1cc(C(C)NC(=O)N2CCC(CC(=O)O)C2)c(C)o1. The van der Waals surface area contributed by atoms with Crippen LogP contribution < -0.4 is 5.32 Å². The molecule has 0 aliphatic carbocycles. The Balaban J connectivity index is 1.90. The van der Waals surface area contributed by atoms with Gasteiger partial charge in [0.25, 0.3) is 0 Å². The number of urea groups is 1. The Hall–Kier alpha value is -1.98. The van der Waals surface area contributed by atoms with E-state index in [-0.39, 0.29) is 24.4 Å². The molecule has 6 heteroatoms. The lowest BCUT2D eigenvalue weighted by molar-refractivity contribution is -0.138. The number of aryl methyl sites for hydroxylation is 2. The summed E-state index contributed by atoms with van der Waals surface area (Å²) in [6, 6.07) is 1.65. The van der Waals surface area contributed by atoms with Crippen LogP contribution in [0.5, 0.6) is 0 Å². The lowest BCUT2D eigenvalue weighted by Gasteiger charge is -2.20. The summed E-state index contributed by atoms with van der Waals surface area (Å²) < 4.78 is 5.47. The van der Waals surface area contributed by atoms with E-state index in [1.165, 1.54) is 0 Å². The summed E-state index contributed by atoms with van der Waals surface area (Å²) in [7, 11) is 0. The number of aliphatic carboxylic acids is 1. The van der Waals surface area contributed by atoms with Gasteiger partial charge in [-0.2, -0.15) is 0 Å². The number of carbonyl (C=O) groups excluding carboxylic acids is 1. The zero-order valence-electron chi connectivity index (χ0n) is 12.7. The molecule has 2 amide bonds. The summed E-state index contributed by atoms with van der Waals surface area (Å²) in [5, 5.41) is 11.7. The minimum atomic E-state index is -0.805. The van der Waals surface area contributed by atoms with Crippen LogP contribution in [0.15, 0.2) is 10.5 Å². The number of nitrogens with zero attached hydrogens (tertiary/aromatic N) is 1. The smallest absolute Gasteiger partial charge is 0.317 e. The fraction of sp³-hybridized carbons (Fsp3) is 0.600. The lowest BCUT2D eigenvalue weighted by Crippen LogP contribution is -2.39. The van der Waals surface area contributed by atoms with E-state index in [1.807, 2.05) is 26.8 Å². The minimum absolute atomic E-state index is 0.0569. The van der Waals surface area contributed by atoms with Crippen molar-refractivity contribution >= 4 is 12.0 Å². The van der Waals surface area contributed by atoms with E-state index >= 15 is 0 Å². The maximum Gasteiger partial charge on any atom is 0.317 e. The molecule has 1 aromatic rings. The number of amides is 2. The maximum absolute atomic E-state index is 12.2. The number of rotatable bonds is 4. The first-order chi connectivity index (χ1) is 9.86. The van der Waals surface area contributed by atoms with Crippen molar-refractivity contribution in [1.29, 1.82) is 0 Å². The molecule has 0 aromatic carbocycles. The van der Waals surface area contributed by atoms with Gasteiger partial charge in [0.2, 0.25) is 0 Å². The van der Waals surface area contributed by atoms with E-state index < -0.39 is 5.97 Å². The molecule has 2 heterocycles. The summed E-state index contributed by atoms with van der Waals surface area (Å²) in [5.74, 6) is 0.887. The van der Waals surface area contributed by atoms with Crippen molar-refractivity contribution < 1.29 is 19.1 Å². The Bertz CT molecular complexity index is 538. The third-order valence-corrected chi connectivity index (χ3v) is 3.92. The van der Waals surface area contributed by atoms with Gasteiger partial charge < -0.3 is 19.7 Å². The third-order valence-electron chi connectivity index (χ3n) is 3.92. The average Bonchev–Trinajstić information content (AvgIpc) is 2.95. The van der Waals surface area contributed by atoms with Crippen LogP contribution in [0.25, 0.3) is 0 Å². The van der Waals surface area contributed by atoms with Gasteiger partial charge in [0.05, 0.1) is 6.04 Å². The molecule has 0 spiro atoms. The fourth-order valence-corrected chi connectivity index (χ4v) is 2.87. The number of hydrogen-bond acceptors (Lipinski definition) is 3. The fourth-order valence-electron chi connectivity index (χ4n) is 2.87. The molecule has 116 valence electrons. The van der Waals surface area contributed by atoms with Crippen molar-refractivity contribution in [2.75, 3.05) is 13.1 Å². The molecule has 2 N–H and O–H groups in total. The van der Waals surface area contributed by atoms with Gasteiger partial charge in [0, 0.05) is 25.1 Å². The van der Waals surface area contributed by atoms with Crippen molar-refractivity contribution in [3.63, 3.8) is 0 Å². The van der Waals surface area contributed by atoms with Crippen LogP contribution in [0.2, 0.25) is 0 Å². The van der Waals surface area contributed by atoms with Crippen LogP contribution in [-0.2, 0) is 4.79 Å². The van der Waals surface area contributed by atoms with Crippen molar-refractivity contribution in [2.45, 2.75) is 39.7 Å². The summed E-state index contributed by atoms with van der Waals surface area (Å²) in [6.45, 7) is 6.79. The molecular formula is C15H22N2O4. The molecule has 2 unspecified atom stereocenters. The Labute approximate surface area is 124 Å². The molecule has 1 saturated heterocycles. The van der Waals surface area contributed by atoms with E-state index in [9.17, 15) is 9.59 Å². The van der Waals surface area contributed by atoms with Gasteiger partial charge in [0.15, 0.2) is 0 Å². The van der Waals surface area contributed by atoms with Crippen molar-refractivity contribution in [1.82, 2.24) is 10.2 Å². The molecule has 0 bridgehead atoms. The zero-order valence-corrected chi connectivity index (χ0v) is 12.7. The Morgan fingerprint density at radius 2 is 2.24 bits per heavy atom. The van der Waals surface area contributed by atoms with E-state index in [1.54, 1.807) is 4.90 Å². The Kier molecular flexibility index (Phi) is 4.55. The van der Waals surface area contributed by atoms with Gasteiger partial charge in [-0.15, -0.1) is 0 Å². The first-order valence-corrected chi connectivity index (χ1v) is 7.21. The molecule has 0 saturated carbocycles. The van der Waals surface area contributed by atoms with Crippen LogP contribution in [0.4, 0.5) is 4.79 Å². The van der Waals surface area contributed by atoms with Crippen LogP contribution in [0.3, 0.4) is 0 Å². The van der Waals surface area contributed by atoms with Crippen molar-refractivity contribution in [3.8, 4) is 0 Å². The third kappa shape index (κ3) is 3.77. The Morgan fingerprint density at radius 3 is 2.81 bits per heavy atom. The molecule has 1 aliphatic heterocycles. The number of hydrogen-bond donors (Lipinski definition) is 2. The highest BCUT2D eigenvalue weighted by Gasteiger charge is 2.28. The second kappa shape index (κ2) is 6.20. The lowest BCUT2D eigenvalue weighted by atomic mass is 10.1. The summed E-state index contributed by atoms with van der Waals surface area (Å²) in [5.41, 5.74) is 0.974. The molecule has 6 nitrogen and oxygen atoms in total. The predicted molar refractivity (Wildman–Crippen MR) is 77.1 cm³/mol. The number of furan rings is 1. The number of carbonyl (C=O) groups is 2. The summed E-state index contributed by atoms with van der Waals surface area (Å²) in [4.78, 5) is 24.6. The summed E-state index contributed by atoms with van der Waals surface area (Å²) >= 11 is 0. The normalized spacial score (nSPS) is 19.6. The summed E-state index contributed by atoms with van der Waals surface area (Å²) in [6.07, 6.45) is 0.872. The molecule has 2 rings (SSSR count). The second-order valence-corrected chi connectivity index (χ2v) is 5.74. The molecule has 0 radical (unpaired) electrons. The molecular weight excluding hydrogens is 272 g/mol. The number of likely N-dealkylation sites (tertiary alicyclic amines) is 1. The van der Waals surface area contributed by atoms with E-state index in [0.29, 0.717) is 13.1 Å². The monoisotopic (exact) mass is 294 g/mol. The molecule has 1 aromatic heterocycles. The zero-order chi connectivity index (χ0) is 15.6. The first kappa shape index (κ1) is 15.4. The van der Waals surface area contributed by atoms with Gasteiger partial charge in [-0.25, -0.2) is 4.79 Å². The Morgan fingerprint density at radius 1 is 1.52 bits per heavy atom. The van der Waals surface area contributed by atoms with Gasteiger partial charge in [-0.3, -0.25) is 4.79 Å². The molecule has 1 aliphatic rings. The standard InChI is InChI=1S/C15H22N2O4/c1-9-6-13(11(3)21-9)10(2)16-15(20)17-5-4-12(8-17)7-14(18)19/h6,10,12H,4-5,7-8H2,1-3H3,(H,16,20)(H,18,19). The number of nitrogens with one attached hydrogen (secondary N) is 1. The van der Waals surface area contributed by atoms with Crippen LogP contribution in [0, 0.1) is 19.8 Å². The highest BCUT2D eigenvalue weighted by atomic mass is 16.4. The average molecular weight is 294 g/mol. The second-order valence-electron chi connectivity index (χ2n) is 5.74. The number of carboxylic acid groups (broad SMARTS) is 1. The quantitative estimate of drug-likeness (QED) is 0.893. The van der Waals surface area contributed by atoms with Crippen LogP contribution >= 0.6 is 0 Å². The number of carboxylic acids is 1. The van der Waals surface area contributed by atoms with Crippen LogP contribution in [0.1, 0.15) is 42.9 Å². The minimum Gasteiger partial charge on any atom is -0.481 e. The first-order valence-electron chi connectivity index (χ1n) is 7.21.